The molecule has 6 nitrogen and oxygen atoms in total. The van der Waals surface area contributed by atoms with Crippen molar-refractivity contribution in [1.82, 2.24) is 15.2 Å². The van der Waals surface area contributed by atoms with Gasteiger partial charge in [-0.1, -0.05) is 23.7 Å². The molecule has 3 aromatic rings. The summed E-state index contributed by atoms with van der Waals surface area (Å²) >= 11 is 5.98. The zero-order valence-corrected chi connectivity index (χ0v) is 14.0. The van der Waals surface area contributed by atoms with Crippen LogP contribution in [-0.2, 0) is 6.42 Å². The van der Waals surface area contributed by atoms with Crippen molar-refractivity contribution in [2.45, 2.75) is 6.42 Å². The van der Waals surface area contributed by atoms with Gasteiger partial charge in [0.15, 0.2) is 5.82 Å². The summed E-state index contributed by atoms with van der Waals surface area (Å²) in [5.74, 6) is 1.02. The number of anilines is 3. The van der Waals surface area contributed by atoms with E-state index in [2.05, 4.69) is 31.9 Å². The highest BCUT2D eigenvalue weighted by atomic mass is 35.5. The van der Waals surface area contributed by atoms with E-state index in [4.69, 9.17) is 16.9 Å². The van der Waals surface area contributed by atoms with Crippen LogP contribution < -0.4 is 10.6 Å². The Kier molecular flexibility index (Phi) is 5.39. The van der Waals surface area contributed by atoms with E-state index in [-0.39, 0.29) is 0 Å². The Bertz CT molecular complexity index is 889. The molecule has 2 N–H and O–H groups in total. The molecule has 1 heterocycles. The summed E-state index contributed by atoms with van der Waals surface area (Å²) in [6.07, 6.45) is 2.34. The summed E-state index contributed by atoms with van der Waals surface area (Å²) in [5.41, 5.74) is 2.57. The van der Waals surface area contributed by atoms with Crippen molar-refractivity contribution in [3.8, 4) is 6.07 Å². The second-order valence-corrected chi connectivity index (χ2v) is 5.72. The predicted octanol–water partition coefficient (Wildman–Crippen LogP) is 3.79. The van der Waals surface area contributed by atoms with Crippen LogP contribution in [0.1, 0.15) is 11.1 Å². The molecule has 0 atom stereocenters. The van der Waals surface area contributed by atoms with Gasteiger partial charge in [-0.15, -0.1) is 5.10 Å². The molecule has 1 aromatic heterocycles. The van der Waals surface area contributed by atoms with Crippen molar-refractivity contribution in [2.24, 2.45) is 0 Å². The molecule has 0 unspecified atom stereocenters. The van der Waals surface area contributed by atoms with Crippen LogP contribution in [0.3, 0.4) is 0 Å². The largest absolute Gasteiger partial charge is 0.353 e. The number of hydrogen-bond donors (Lipinski definition) is 2. The fourth-order valence-corrected chi connectivity index (χ4v) is 2.44. The number of nitriles is 1. The molecule has 0 radical (unpaired) electrons. The molecule has 2 aromatic carbocycles. The van der Waals surface area contributed by atoms with Crippen LogP contribution in [0.2, 0.25) is 5.02 Å². The van der Waals surface area contributed by atoms with Crippen molar-refractivity contribution >= 4 is 29.1 Å². The molecule has 0 saturated carbocycles. The fourth-order valence-electron chi connectivity index (χ4n) is 2.23. The molecule has 0 aliphatic carbocycles. The first-order valence-corrected chi connectivity index (χ1v) is 8.06. The van der Waals surface area contributed by atoms with E-state index in [0.717, 1.165) is 22.7 Å². The van der Waals surface area contributed by atoms with Crippen LogP contribution in [0.5, 0.6) is 0 Å². The fraction of sp³-hybridized carbons (Fsp3) is 0.111. The molecule has 7 heteroatoms. The first kappa shape index (κ1) is 16.7. The zero-order valence-electron chi connectivity index (χ0n) is 13.3. The van der Waals surface area contributed by atoms with Gasteiger partial charge < -0.3 is 10.6 Å². The van der Waals surface area contributed by atoms with Gasteiger partial charge in [0, 0.05) is 17.3 Å². The Morgan fingerprint density at radius 2 is 1.96 bits per heavy atom. The average molecular weight is 351 g/mol. The van der Waals surface area contributed by atoms with Gasteiger partial charge in [0.2, 0.25) is 5.95 Å². The maximum atomic E-state index is 8.82. The maximum Gasteiger partial charge on any atom is 0.244 e. The van der Waals surface area contributed by atoms with Crippen molar-refractivity contribution in [1.29, 1.82) is 5.26 Å². The Morgan fingerprint density at radius 1 is 1.12 bits per heavy atom. The van der Waals surface area contributed by atoms with Crippen molar-refractivity contribution in [3.05, 3.63) is 70.9 Å². The molecule has 0 saturated heterocycles. The summed E-state index contributed by atoms with van der Waals surface area (Å²) in [5, 5.41) is 23.7. The van der Waals surface area contributed by atoms with Crippen LogP contribution in [0.4, 0.5) is 17.5 Å². The smallest absolute Gasteiger partial charge is 0.244 e. The minimum absolute atomic E-state index is 0.445. The van der Waals surface area contributed by atoms with Crippen molar-refractivity contribution in [3.63, 3.8) is 0 Å². The highest BCUT2D eigenvalue weighted by molar-refractivity contribution is 6.30. The Labute approximate surface area is 150 Å². The van der Waals surface area contributed by atoms with E-state index in [1.165, 1.54) is 0 Å². The van der Waals surface area contributed by atoms with E-state index in [1.807, 2.05) is 36.4 Å². The number of nitrogens with one attached hydrogen (secondary N) is 2. The molecule has 0 amide bonds. The van der Waals surface area contributed by atoms with Crippen LogP contribution in [0.15, 0.2) is 54.7 Å². The van der Waals surface area contributed by atoms with E-state index >= 15 is 0 Å². The lowest BCUT2D eigenvalue weighted by atomic mass is 10.1. The lowest BCUT2D eigenvalue weighted by Gasteiger charge is -2.08. The average Bonchev–Trinajstić information content (AvgIpc) is 2.63. The summed E-state index contributed by atoms with van der Waals surface area (Å²) in [6.45, 7) is 0.669. The van der Waals surface area contributed by atoms with Gasteiger partial charge in [0.05, 0.1) is 17.8 Å². The van der Waals surface area contributed by atoms with Crippen LogP contribution >= 0.6 is 11.6 Å². The number of hydrogen-bond acceptors (Lipinski definition) is 6. The predicted molar refractivity (Wildman–Crippen MR) is 97.9 cm³/mol. The highest BCUT2D eigenvalue weighted by Crippen LogP contribution is 2.15. The third-order valence-corrected chi connectivity index (χ3v) is 3.67. The van der Waals surface area contributed by atoms with E-state index in [0.29, 0.717) is 23.9 Å². The lowest BCUT2D eigenvalue weighted by Crippen LogP contribution is -2.09. The Balaban J connectivity index is 1.58. The van der Waals surface area contributed by atoms with Gasteiger partial charge in [-0.2, -0.15) is 15.3 Å². The van der Waals surface area contributed by atoms with Crippen LogP contribution in [0.25, 0.3) is 0 Å². The van der Waals surface area contributed by atoms with E-state index in [1.54, 1.807) is 18.3 Å². The first-order chi connectivity index (χ1) is 12.2. The molecule has 124 valence electrons. The SMILES string of the molecule is N#Cc1ccc(Nc2cnnc(NCCc3cccc(Cl)c3)n2)cc1. The second-order valence-electron chi connectivity index (χ2n) is 5.29. The normalized spacial score (nSPS) is 10.1. The number of aromatic nitrogens is 3. The maximum absolute atomic E-state index is 8.82. The van der Waals surface area contributed by atoms with Crippen molar-refractivity contribution in [2.75, 3.05) is 17.2 Å². The molecule has 0 spiro atoms. The number of benzene rings is 2. The van der Waals surface area contributed by atoms with E-state index in [9.17, 15) is 0 Å². The van der Waals surface area contributed by atoms with Gasteiger partial charge >= 0.3 is 0 Å². The molecule has 0 bridgehead atoms. The van der Waals surface area contributed by atoms with Gasteiger partial charge in [0.25, 0.3) is 0 Å². The topological polar surface area (TPSA) is 86.5 Å². The molecule has 0 fully saturated rings. The first-order valence-electron chi connectivity index (χ1n) is 7.68. The minimum atomic E-state index is 0.445. The number of nitrogens with zero attached hydrogens (tertiary/aromatic N) is 4. The van der Waals surface area contributed by atoms with E-state index < -0.39 is 0 Å². The van der Waals surface area contributed by atoms with Crippen molar-refractivity contribution < 1.29 is 0 Å². The second kappa shape index (κ2) is 8.08. The van der Waals surface area contributed by atoms with Gasteiger partial charge in [-0.05, 0) is 48.4 Å². The van der Waals surface area contributed by atoms with Gasteiger partial charge in [-0.25, -0.2) is 0 Å². The monoisotopic (exact) mass is 350 g/mol. The summed E-state index contributed by atoms with van der Waals surface area (Å²) in [6, 6.07) is 16.9. The third kappa shape index (κ3) is 4.90. The molecule has 0 aliphatic rings. The summed E-state index contributed by atoms with van der Waals surface area (Å²) < 4.78 is 0. The highest BCUT2D eigenvalue weighted by Gasteiger charge is 2.02. The lowest BCUT2D eigenvalue weighted by molar-refractivity contribution is 0.929. The minimum Gasteiger partial charge on any atom is -0.353 e. The van der Waals surface area contributed by atoms with Crippen LogP contribution in [-0.4, -0.2) is 21.7 Å². The summed E-state index contributed by atoms with van der Waals surface area (Å²) in [4.78, 5) is 4.37. The standard InChI is InChI=1S/C18H15ClN6/c19-15-3-1-2-13(10-15)8-9-21-18-24-17(12-22-25-18)23-16-6-4-14(11-20)5-7-16/h1-7,10,12H,8-9H2,(H2,21,23,24,25). The molecular formula is C18H15ClN6. The number of rotatable bonds is 6. The third-order valence-electron chi connectivity index (χ3n) is 3.43. The molecule has 0 aliphatic heterocycles. The quantitative estimate of drug-likeness (QED) is 0.703. The van der Waals surface area contributed by atoms with Gasteiger partial charge in [0.1, 0.15) is 0 Å². The van der Waals surface area contributed by atoms with Crippen LogP contribution in [0, 0.1) is 11.3 Å². The zero-order chi connectivity index (χ0) is 17.5. The van der Waals surface area contributed by atoms with Gasteiger partial charge in [-0.3, -0.25) is 0 Å². The Morgan fingerprint density at radius 3 is 2.72 bits per heavy atom. The summed E-state index contributed by atoms with van der Waals surface area (Å²) in [7, 11) is 0. The molecular weight excluding hydrogens is 336 g/mol. The Hall–Kier alpha value is -3.17. The number of halogens is 1. The molecule has 25 heavy (non-hydrogen) atoms. The molecule has 3 rings (SSSR count).